The first-order valence-electron chi connectivity index (χ1n) is 3.07. The van der Waals surface area contributed by atoms with Crippen LogP contribution in [0, 0.1) is 0 Å². The molecule has 0 aromatic carbocycles. The summed E-state index contributed by atoms with van der Waals surface area (Å²) in [6.45, 7) is 1.55. The first-order chi connectivity index (χ1) is 5.04. The molecule has 0 aromatic heterocycles. The normalized spacial score (nSPS) is 29.1. The van der Waals surface area contributed by atoms with Crippen LogP contribution in [0.1, 0.15) is 6.92 Å². The molecule has 0 aromatic rings. The third-order valence-electron chi connectivity index (χ3n) is 1.36. The summed E-state index contributed by atoms with van der Waals surface area (Å²) in [4.78, 5) is 14.1. The zero-order valence-electron chi connectivity index (χ0n) is 6.03. The molecule has 0 amide bonds. The maximum atomic E-state index is 10.5. The van der Waals surface area contributed by atoms with Crippen LogP contribution >= 0.6 is 0 Å². The monoisotopic (exact) mass is 155 g/mol. The Labute approximate surface area is 63.6 Å². The minimum absolute atomic E-state index is 0.0833. The van der Waals surface area contributed by atoms with E-state index in [-0.39, 0.29) is 5.71 Å². The second-order valence-electron chi connectivity index (χ2n) is 2.45. The van der Waals surface area contributed by atoms with Crippen LogP contribution in [0.5, 0.6) is 0 Å². The fraction of sp³-hybridized carbons (Fsp3) is 0.333. The number of carboxylic acids is 1. The van der Waals surface area contributed by atoms with Gasteiger partial charge in [0.15, 0.2) is 5.71 Å². The van der Waals surface area contributed by atoms with Crippen molar-refractivity contribution in [3.05, 3.63) is 12.4 Å². The van der Waals surface area contributed by atoms with Gasteiger partial charge in [-0.3, -0.25) is 0 Å². The summed E-state index contributed by atoms with van der Waals surface area (Å²) in [5, 5.41) is 11.3. The first kappa shape index (κ1) is 7.74. The first-order valence-corrected chi connectivity index (χ1v) is 3.07. The number of carboxylic acid groups (broad SMARTS) is 1. The van der Waals surface area contributed by atoms with Crippen molar-refractivity contribution < 1.29 is 9.90 Å². The van der Waals surface area contributed by atoms with E-state index in [0.29, 0.717) is 0 Å². The summed E-state index contributed by atoms with van der Waals surface area (Å²) >= 11 is 0. The van der Waals surface area contributed by atoms with Gasteiger partial charge in [0.05, 0.1) is 0 Å². The quantitative estimate of drug-likeness (QED) is 0.465. The number of nitrogens with one attached hydrogen (secondary N) is 1. The molecule has 0 spiro atoms. The Morgan fingerprint density at radius 1 is 1.91 bits per heavy atom. The Hall–Kier alpha value is -1.36. The molecule has 1 atom stereocenters. The van der Waals surface area contributed by atoms with Gasteiger partial charge in [-0.25, -0.2) is 9.79 Å². The Kier molecular flexibility index (Phi) is 1.66. The average Bonchev–Trinajstić information content (AvgIpc) is 1.85. The SMILES string of the molecule is CC1(N)NC=CN=C1C(=O)O. The third kappa shape index (κ3) is 1.38. The van der Waals surface area contributed by atoms with Crippen LogP contribution in [0.25, 0.3) is 0 Å². The molecular weight excluding hydrogens is 146 g/mol. The predicted molar refractivity (Wildman–Crippen MR) is 39.9 cm³/mol. The van der Waals surface area contributed by atoms with Gasteiger partial charge in [0.25, 0.3) is 0 Å². The Balaban J connectivity index is 2.97. The van der Waals surface area contributed by atoms with E-state index in [1.807, 2.05) is 0 Å². The van der Waals surface area contributed by atoms with Crippen molar-refractivity contribution in [3.8, 4) is 0 Å². The molecule has 0 saturated heterocycles. The molecule has 1 heterocycles. The smallest absolute Gasteiger partial charge is 0.354 e. The summed E-state index contributed by atoms with van der Waals surface area (Å²) in [6, 6.07) is 0. The highest BCUT2D eigenvalue weighted by Gasteiger charge is 2.31. The Morgan fingerprint density at radius 3 is 2.91 bits per heavy atom. The molecule has 1 aliphatic rings. The van der Waals surface area contributed by atoms with Gasteiger partial charge in [-0.2, -0.15) is 0 Å². The van der Waals surface area contributed by atoms with E-state index in [9.17, 15) is 4.79 Å². The Bertz CT molecular complexity index is 242. The van der Waals surface area contributed by atoms with Gasteiger partial charge in [0, 0.05) is 12.4 Å². The van der Waals surface area contributed by atoms with Gasteiger partial charge in [-0.05, 0) is 6.92 Å². The number of nitrogens with two attached hydrogens (primary N) is 1. The minimum atomic E-state index is -1.10. The topological polar surface area (TPSA) is 87.7 Å². The second kappa shape index (κ2) is 2.35. The number of nitrogens with zero attached hydrogens (tertiary/aromatic N) is 1. The molecule has 0 saturated carbocycles. The maximum absolute atomic E-state index is 10.5. The van der Waals surface area contributed by atoms with Crippen LogP contribution in [-0.2, 0) is 4.79 Å². The van der Waals surface area contributed by atoms with E-state index in [2.05, 4.69) is 10.3 Å². The van der Waals surface area contributed by atoms with E-state index in [4.69, 9.17) is 10.8 Å². The summed E-state index contributed by atoms with van der Waals surface area (Å²) in [7, 11) is 0. The van der Waals surface area contributed by atoms with E-state index in [0.717, 1.165) is 0 Å². The maximum Gasteiger partial charge on any atom is 0.354 e. The van der Waals surface area contributed by atoms with Crippen molar-refractivity contribution in [2.24, 2.45) is 10.7 Å². The highest BCUT2D eigenvalue weighted by molar-refractivity contribution is 6.39. The molecule has 1 aliphatic heterocycles. The minimum Gasteiger partial charge on any atom is -0.477 e. The molecule has 4 N–H and O–H groups in total. The predicted octanol–water partition coefficient (Wildman–Crippen LogP) is -0.739. The molecule has 5 heteroatoms. The van der Waals surface area contributed by atoms with Gasteiger partial charge < -0.3 is 16.2 Å². The molecule has 0 radical (unpaired) electrons. The van der Waals surface area contributed by atoms with Crippen LogP contribution in [-0.4, -0.2) is 22.5 Å². The lowest BCUT2D eigenvalue weighted by molar-refractivity contribution is -0.129. The Morgan fingerprint density at radius 2 is 2.55 bits per heavy atom. The summed E-state index contributed by atoms with van der Waals surface area (Å²) in [5.74, 6) is -1.10. The van der Waals surface area contributed by atoms with Gasteiger partial charge in [-0.1, -0.05) is 0 Å². The summed E-state index contributed by atoms with van der Waals surface area (Å²) < 4.78 is 0. The molecule has 1 rings (SSSR count). The average molecular weight is 155 g/mol. The zero-order valence-corrected chi connectivity index (χ0v) is 6.03. The van der Waals surface area contributed by atoms with Crippen molar-refractivity contribution in [1.29, 1.82) is 0 Å². The fourth-order valence-corrected chi connectivity index (χ4v) is 0.802. The van der Waals surface area contributed by atoms with Crippen molar-refractivity contribution >= 4 is 11.7 Å². The van der Waals surface area contributed by atoms with E-state index in [1.54, 1.807) is 6.92 Å². The summed E-state index contributed by atoms with van der Waals surface area (Å²) in [6.07, 6.45) is 2.87. The largest absolute Gasteiger partial charge is 0.477 e. The lowest BCUT2D eigenvalue weighted by Gasteiger charge is -2.26. The number of hydrogen-bond donors (Lipinski definition) is 3. The third-order valence-corrected chi connectivity index (χ3v) is 1.36. The van der Waals surface area contributed by atoms with Crippen molar-refractivity contribution in [1.82, 2.24) is 5.32 Å². The van der Waals surface area contributed by atoms with Gasteiger partial charge >= 0.3 is 5.97 Å². The number of carbonyl (C=O) groups is 1. The standard InChI is InChI=1S/C6H9N3O2/c1-6(7)4(5(10)11)8-2-3-9-6/h2-3,9H,7H2,1H3,(H,10,11). The van der Waals surface area contributed by atoms with Crippen LogP contribution in [0.2, 0.25) is 0 Å². The van der Waals surface area contributed by atoms with Gasteiger partial charge in [-0.15, -0.1) is 0 Å². The molecule has 60 valence electrons. The van der Waals surface area contributed by atoms with Crippen molar-refractivity contribution in [2.75, 3.05) is 0 Å². The van der Waals surface area contributed by atoms with Crippen LogP contribution < -0.4 is 11.1 Å². The second-order valence-corrected chi connectivity index (χ2v) is 2.45. The van der Waals surface area contributed by atoms with E-state index < -0.39 is 11.6 Å². The summed E-state index contributed by atoms with van der Waals surface area (Å²) in [5.41, 5.74) is 4.40. The van der Waals surface area contributed by atoms with Crippen LogP contribution in [0.3, 0.4) is 0 Å². The lowest BCUT2D eigenvalue weighted by Crippen LogP contribution is -2.58. The molecule has 5 nitrogen and oxygen atoms in total. The van der Waals surface area contributed by atoms with Gasteiger partial charge in [0.1, 0.15) is 5.66 Å². The number of aliphatic carboxylic acids is 1. The number of hydrogen-bond acceptors (Lipinski definition) is 4. The van der Waals surface area contributed by atoms with E-state index in [1.165, 1.54) is 12.4 Å². The molecule has 1 unspecified atom stereocenters. The molecule has 0 aliphatic carbocycles. The molecule has 0 bridgehead atoms. The van der Waals surface area contributed by atoms with Crippen molar-refractivity contribution in [2.45, 2.75) is 12.6 Å². The van der Waals surface area contributed by atoms with Gasteiger partial charge in [0.2, 0.25) is 0 Å². The highest BCUT2D eigenvalue weighted by atomic mass is 16.4. The molecule has 11 heavy (non-hydrogen) atoms. The van der Waals surface area contributed by atoms with Crippen molar-refractivity contribution in [3.63, 3.8) is 0 Å². The number of aliphatic imine (C=N–C) groups is 1. The lowest BCUT2D eigenvalue weighted by atomic mass is 10.1. The van der Waals surface area contributed by atoms with E-state index >= 15 is 0 Å². The fourth-order valence-electron chi connectivity index (χ4n) is 0.802. The number of rotatable bonds is 1. The highest BCUT2D eigenvalue weighted by Crippen LogP contribution is 2.03. The van der Waals surface area contributed by atoms with Crippen LogP contribution in [0.15, 0.2) is 17.4 Å². The van der Waals surface area contributed by atoms with Crippen LogP contribution in [0.4, 0.5) is 0 Å². The molecular formula is C6H9N3O2. The molecule has 0 fully saturated rings. The zero-order chi connectivity index (χ0) is 8.48.